The number of nitrogens with two attached hydrogens (primary N) is 1. The van der Waals surface area contributed by atoms with Crippen molar-refractivity contribution in [2.45, 2.75) is 25.9 Å². The van der Waals surface area contributed by atoms with Gasteiger partial charge in [0.2, 0.25) is 5.95 Å². The van der Waals surface area contributed by atoms with Gasteiger partial charge in [-0.1, -0.05) is 17.3 Å². The Morgan fingerprint density at radius 1 is 1.28 bits per heavy atom. The molecule has 0 bridgehead atoms. The van der Waals surface area contributed by atoms with Crippen LogP contribution in [0.15, 0.2) is 41.1 Å². The van der Waals surface area contributed by atoms with Gasteiger partial charge in [0.05, 0.1) is 0 Å². The van der Waals surface area contributed by atoms with Crippen LogP contribution in [0.1, 0.15) is 29.5 Å². The number of hydrogen-bond acceptors (Lipinski definition) is 7. The van der Waals surface area contributed by atoms with E-state index in [9.17, 15) is 5.11 Å². The predicted molar refractivity (Wildman–Crippen MR) is 93.5 cm³/mol. The van der Waals surface area contributed by atoms with Gasteiger partial charge in [-0.15, -0.1) is 0 Å². The summed E-state index contributed by atoms with van der Waals surface area (Å²) in [6.07, 6.45) is 2.55. The number of nitrogen functional groups attached to an aromatic ring is 1. The lowest BCUT2D eigenvalue weighted by Gasteiger charge is -2.24. The first-order chi connectivity index (χ1) is 11.9. The molecular formula is C18H19N5O2. The second kappa shape index (κ2) is 5.56. The van der Waals surface area contributed by atoms with Crippen LogP contribution in [0.3, 0.4) is 0 Å². The van der Waals surface area contributed by atoms with Crippen LogP contribution in [0, 0.1) is 6.92 Å². The molecule has 0 fully saturated rings. The summed E-state index contributed by atoms with van der Waals surface area (Å²) in [7, 11) is 0. The van der Waals surface area contributed by atoms with Crippen molar-refractivity contribution in [1.29, 1.82) is 0 Å². The number of fused-ring (bicyclic) bond motifs is 1. The molecule has 4 rings (SSSR count). The molecule has 1 aromatic carbocycles. The topological polar surface area (TPSA) is 101 Å². The molecule has 128 valence electrons. The third-order valence-electron chi connectivity index (χ3n) is 4.61. The molecule has 1 aliphatic heterocycles. The molecule has 0 radical (unpaired) electrons. The minimum absolute atomic E-state index is 0.243. The molecule has 0 amide bonds. The van der Waals surface area contributed by atoms with Gasteiger partial charge in [-0.25, -0.2) is 4.98 Å². The van der Waals surface area contributed by atoms with E-state index in [4.69, 9.17) is 10.3 Å². The molecule has 3 heterocycles. The third kappa shape index (κ3) is 2.62. The largest absolute Gasteiger partial charge is 0.379 e. The standard InChI is InChI=1S/C18H19N5O2/c1-11-9-15(22-25-11)18(2,24)13-4-3-12-6-8-23(14(12)10-13)16-5-7-20-17(19)21-16/h3-5,7,9-10,24H,6,8H2,1-2H3,(H2,19,20,21). The summed E-state index contributed by atoms with van der Waals surface area (Å²) in [5, 5.41) is 15.0. The first kappa shape index (κ1) is 15.6. The van der Waals surface area contributed by atoms with E-state index in [-0.39, 0.29) is 5.95 Å². The number of benzene rings is 1. The Balaban J connectivity index is 1.76. The van der Waals surface area contributed by atoms with E-state index in [1.807, 2.05) is 24.3 Å². The zero-order valence-corrected chi connectivity index (χ0v) is 14.1. The van der Waals surface area contributed by atoms with Crippen molar-refractivity contribution in [3.63, 3.8) is 0 Å². The van der Waals surface area contributed by atoms with E-state index >= 15 is 0 Å². The summed E-state index contributed by atoms with van der Waals surface area (Å²) in [6, 6.07) is 9.52. The lowest BCUT2D eigenvalue weighted by molar-refractivity contribution is 0.0932. The molecule has 25 heavy (non-hydrogen) atoms. The van der Waals surface area contributed by atoms with Gasteiger partial charge in [0.15, 0.2) is 0 Å². The average Bonchev–Trinajstić information content (AvgIpc) is 3.20. The Morgan fingerprint density at radius 3 is 2.84 bits per heavy atom. The quantitative estimate of drug-likeness (QED) is 0.756. The van der Waals surface area contributed by atoms with Gasteiger partial charge >= 0.3 is 0 Å². The molecule has 1 unspecified atom stereocenters. The molecule has 3 N–H and O–H groups in total. The van der Waals surface area contributed by atoms with Gasteiger partial charge in [-0.3, -0.25) is 0 Å². The van der Waals surface area contributed by atoms with Crippen molar-refractivity contribution in [2.75, 3.05) is 17.2 Å². The molecule has 0 spiro atoms. The first-order valence-corrected chi connectivity index (χ1v) is 8.11. The number of rotatable bonds is 3. The molecule has 7 nitrogen and oxygen atoms in total. The minimum atomic E-state index is -1.24. The smallest absolute Gasteiger partial charge is 0.221 e. The summed E-state index contributed by atoms with van der Waals surface area (Å²) in [6.45, 7) is 4.32. The van der Waals surface area contributed by atoms with E-state index in [0.717, 1.165) is 30.0 Å². The van der Waals surface area contributed by atoms with Crippen LogP contribution in [0.2, 0.25) is 0 Å². The van der Waals surface area contributed by atoms with Gasteiger partial charge in [0.25, 0.3) is 0 Å². The van der Waals surface area contributed by atoms with Crippen LogP contribution in [-0.2, 0) is 12.0 Å². The molecule has 0 saturated carbocycles. The number of aryl methyl sites for hydroxylation is 1. The molecule has 1 aliphatic rings. The fourth-order valence-corrected chi connectivity index (χ4v) is 3.18. The second-order valence-electron chi connectivity index (χ2n) is 6.41. The Morgan fingerprint density at radius 2 is 2.12 bits per heavy atom. The highest BCUT2D eigenvalue weighted by atomic mass is 16.5. The van der Waals surface area contributed by atoms with Gasteiger partial charge < -0.3 is 20.3 Å². The van der Waals surface area contributed by atoms with Crippen LogP contribution >= 0.6 is 0 Å². The normalized spacial score (nSPS) is 15.9. The van der Waals surface area contributed by atoms with E-state index < -0.39 is 5.60 Å². The Labute approximate surface area is 145 Å². The van der Waals surface area contributed by atoms with Crippen LogP contribution in [0.5, 0.6) is 0 Å². The van der Waals surface area contributed by atoms with E-state index in [1.165, 1.54) is 5.56 Å². The zero-order chi connectivity index (χ0) is 17.6. The highest BCUT2D eigenvalue weighted by Gasteiger charge is 2.32. The third-order valence-corrected chi connectivity index (χ3v) is 4.61. The Kier molecular flexibility index (Phi) is 3.47. The van der Waals surface area contributed by atoms with Crippen molar-refractivity contribution in [2.24, 2.45) is 0 Å². The number of aromatic nitrogens is 3. The number of aliphatic hydroxyl groups is 1. The summed E-state index contributed by atoms with van der Waals surface area (Å²) in [5.41, 5.74) is 7.91. The van der Waals surface area contributed by atoms with Crippen molar-refractivity contribution < 1.29 is 9.63 Å². The van der Waals surface area contributed by atoms with E-state index in [1.54, 1.807) is 26.1 Å². The zero-order valence-electron chi connectivity index (χ0n) is 14.1. The molecule has 7 heteroatoms. The van der Waals surface area contributed by atoms with Gasteiger partial charge in [-0.2, -0.15) is 4.98 Å². The molecule has 0 saturated heterocycles. The van der Waals surface area contributed by atoms with Gasteiger partial charge in [0, 0.05) is 24.5 Å². The maximum atomic E-state index is 11.0. The second-order valence-corrected chi connectivity index (χ2v) is 6.41. The van der Waals surface area contributed by atoms with Crippen LogP contribution < -0.4 is 10.6 Å². The maximum absolute atomic E-state index is 11.0. The van der Waals surface area contributed by atoms with Crippen molar-refractivity contribution in [3.05, 3.63) is 59.1 Å². The summed E-state index contributed by atoms with van der Waals surface area (Å²) in [4.78, 5) is 10.3. The molecule has 0 aliphatic carbocycles. The molecule has 2 aromatic heterocycles. The first-order valence-electron chi connectivity index (χ1n) is 8.11. The lowest BCUT2D eigenvalue weighted by Crippen LogP contribution is -2.24. The van der Waals surface area contributed by atoms with Gasteiger partial charge in [-0.05, 0) is 43.5 Å². The predicted octanol–water partition coefficient (Wildman–Crippen LogP) is 2.31. The molecule has 1 atom stereocenters. The summed E-state index contributed by atoms with van der Waals surface area (Å²) >= 11 is 0. The summed E-state index contributed by atoms with van der Waals surface area (Å²) in [5.74, 6) is 1.65. The average molecular weight is 337 g/mol. The highest BCUT2D eigenvalue weighted by molar-refractivity contribution is 5.69. The van der Waals surface area contributed by atoms with Crippen LogP contribution in [0.25, 0.3) is 0 Å². The summed E-state index contributed by atoms with van der Waals surface area (Å²) < 4.78 is 5.12. The monoisotopic (exact) mass is 337 g/mol. The van der Waals surface area contributed by atoms with Crippen molar-refractivity contribution in [3.8, 4) is 0 Å². The SMILES string of the molecule is Cc1cc(C(C)(O)c2ccc3c(c2)N(c2ccnc(N)n2)CC3)no1. The van der Waals surface area contributed by atoms with Crippen LogP contribution in [-0.4, -0.2) is 26.8 Å². The van der Waals surface area contributed by atoms with Gasteiger partial charge in [0.1, 0.15) is 22.9 Å². The fraction of sp³-hybridized carbons (Fsp3) is 0.278. The highest BCUT2D eigenvalue weighted by Crippen LogP contribution is 2.38. The minimum Gasteiger partial charge on any atom is -0.379 e. The maximum Gasteiger partial charge on any atom is 0.221 e. The Hall–Kier alpha value is -2.93. The van der Waals surface area contributed by atoms with Crippen LogP contribution in [0.4, 0.5) is 17.5 Å². The molecular weight excluding hydrogens is 318 g/mol. The lowest BCUT2D eigenvalue weighted by atomic mass is 9.91. The van der Waals surface area contributed by atoms with E-state index in [0.29, 0.717) is 11.5 Å². The van der Waals surface area contributed by atoms with Crippen molar-refractivity contribution in [1.82, 2.24) is 15.1 Å². The fourth-order valence-electron chi connectivity index (χ4n) is 3.18. The number of nitrogens with zero attached hydrogens (tertiary/aromatic N) is 4. The van der Waals surface area contributed by atoms with Crippen molar-refractivity contribution >= 4 is 17.5 Å². The van der Waals surface area contributed by atoms with E-state index in [2.05, 4.69) is 20.0 Å². The number of anilines is 3. The Bertz CT molecular complexity index is 935. The number of hydrogen-bond donors (Lipinski definition) is 2. The molecule has 3 aromatic rings.